The van der Waals surface area contributed by atoms with Crippen molar-refractivity contribution in [1.29, 1.82) is 0 Å². The van der Waals surface area contributed by atoms with E-state index in [1.54, 1.807) is 6.20 Å². The molecule has 102 valence electrons. The zero-order chi connectivity index (χ0) is 13.1. The van der Waals surface area contributed by atoms with Gasteiger partial charge in [0, 0.05) is 19.7 Å². The van der Waals surface area contributed by atoms with Crippen LogP contribution < -0.4 is 0 Å². The zero-order valence-corrected chi connectivity index (χ0v) is 11.9. The highest BCUT2D eigenvalue weighted by atomic mass is 35.5. The molecular weight excluding hydrogens is 250 g/mol. The second-order valence-electron chi connectivity index (χ2n) is 5.33. The van der Waals surface area contributed by atoms with Crippen LogP contribution in [0.3, 0.4) is 0 Å². The van der Waals surface area contributed by atoms with Crippen LogP contribution in [0.25, 0.3) is 0 Å². The second-order valence-corrected chi connectivity index (χ2v) is 5.72. The maximum Gasteiger partial charge on any atom is 0.128 e. The molecule has 5 heteroatoms. The lowest BCUT2D eigenvalue weighted by molar-refractivity contribution is 0.122. The summed E-state index contributed by atoms with van der Waals surface area (Å²) in [6.45, 7) is 1.17. The number of imidazole rings is 1. The summed E-state index contributed by atoms with van der Waals surface area (Å²) < 4.78 is 1.93. The van der Waals surface area contributed by atoms with Crippen molar-refractivity contribution >= 4 is 11.6 Å². The summed E-state index contributed by atoms with van der Waals surface area (Å²) in [6, 6.07) is 0.600. The van der Waals surface area contributed by atoms with Gasteiger partial charge in [-0.15, -0.1) is 0 Å². The number of hydrogen-bond acceptors (Lipinski definition) is 3. The number of aliphatic hydroxyl groups excluding tert-OH is 1. The van der Waals surface area contributed by atoms with Crippen molar-refractivity contribution in [2.75, 3.05) is 13.7 Å². The molecule has 1 saturated carbocycles. The van der Waals surface area contributed by atoms with Gasteiger partial charge in [0.2, 0.25) is 0 Å². The van der Waals surface area contributed by atoms with Gasteiger partial charge in [-0.3, -0.25) is 4.90 Å². The van der Waals surface area contributed by atoms with E-state index in [0.29, 0.717) is 23.7 Å². The first kappa shape index (κ1) is 13.8. The van der Waals surface area contributed by atoms with Crippen molar-refractivity contribution in [3.8, 4) is 0 Å². The maximum atomic E-state index is 9.15. The van der Waals surface area contributed by atoms with Crippen LogP contribution in [0.2, 0.25) is 5.15 Å². The van der Waals surface area contributed by atoms with E-state index in [1.165, 1.54) is 12.8 Å². The van der Waals surface area contributed by atoms with Gasteiger partial charge >= 0.3 is 0 Å². The summed E-state index contributed by atoms with van der Waals surface area (Å²) in [6.07, 6.45) is 6.30. The highest BCUT2D eigenvalue weighted by molar-refractivity contribution is 6.29. The van der Waals surface area contributed by atoms with E-state index in [2.05, 4.69) is 16.9 Å². The Morgan fingerprint density at radius 3 is 2.61 bits per heavy atom. The van der Waals surface area contributed by atoms with Gasteiger partial charge in [-0.1, -0.05) is 11.6 Å². The van der Waals surface area contributed by atoms with Gasteiger partial charge in [0.25, 0.3) is 0 Å². The van der Waals surface area contributed by atoms with E-state index in [4.69, 9.17) is 16.7 Å². The zero-order valence-electron chi connectivity index (χ0n) is 11.1. The molecule has 0 aromatic carbocycles. The van der Waals surface area contributed by atoms with Crippen molar-refractivity contribution in [2.45, 2.75) is 38.3 Å². The molecule has 0 aliphatic heterocycles. The summed E-state index contributed by atoms with van der Waals surface area (Å²) in [7, 11) is 4.09. The molecular formula is C13H22ClN3O. The van der Waals surface area contributed by atoms with Crippen molar-refractivity contribution in [3.63, 3.8) is 0 Å². The molecule has 1 aliphatic carbocycles. The Labute approximate surface area is 114 Å². The Kier molecular flexibility index (Phi) is 4.65. The van der Waals surface area contributed by atoms with Crippen LogP contribution >= 0.6 is 11.6 Å². The molecule has 1 fully saturated rings. The normalized spacial score (nSPS) is 24.7. The van der Waals surface area contributed by atoms with E-state index in [-0.39, 0.29) is 0 Å². The molecule has 0 atom stereocenters. The summed E-state index contributed by atoms with van der Waals surface area (Å²) >= 11 is 5.99. The van der Waals surface area contributed by atoms with Crippen LogP contribution in [-0.4, -0.2) is 39.3 Å². The highest BCUT2D eigenvalue weighted by Crippen LogP contribution is 2.27. The van der Waals surface area contributed by atoms with E-state index in [1.807, 2.05) is 11.6 Å². The van der Waals surface area contributed by atoms with Crippen LogP contribution in [-0.2, 0) is 13.6 Å². The number of aliphatic hydroxyl groups is 1. The average molecular weight is 272 g/mol. The molecule has 1 aromatic rings. The van der Waals surface area contributed by atoms with E-state index in [0.717, 1.165) is 25.2 Å². The largest absolute Gasteiger partial charge is 0.396 e. The minimum absolute atomic E-state index is 0.339. The molecule has 1 aliphatic rings. The average Bonchev–Trinajstić information content (AvgIpc) is 2.71. The minimum Gasteiger partial charge on any atom is -0.396 e. The van der Waals surface area contributed by atoms with Gasteiger partial charge in [0.05, 0.1) is 12.7 Å². The van der Waals surface area contributed by atoms with Crippen molar-refractivity contribution in [2.24, 2.45) is 13.0 Å². The SMILES string of the molecule is CN(Cc1ncc(Cl)n1C)C1CCC(CO)CC1. The van der Waals surface area contributed by atoms with Crippen LogP contribution in [0.15, 0.2) is 6.20 Å². The molecule has 1 aromatic heterocycles. The van der Waals surface area contributed by atoms with Crippen LogP contribution in [0.4, 0.5) is 0 Å². The molecule has 0 unspecified atom stereocenters. The number of rotatable bonds is 4. The van der Waals surface area contributed by atoms with Crippen molar-refractivity contribution in [1.82, 2.24) is 14.5 Å². The third kappa shape index (κ3) is 3.05. The van der Waals surface area contributed by atoms with Gasteiger partial charge in [0.15, 0.2) is 0 Å². The summed E-state index contributed by atoms with van der Waals surface area (Å²) in [5.41, 5.74) is 0. The monoisotopic (exact) mass is 271 g/mol. The molecule has 0 radical (unpaired) electrons. The van der Waals surface area contributed by atoms with E-state index >= 15 is 0 Å². The Morgan fingerprint density at radius 1 is 1.44 bits per heavy atom. The molecule has 0 spiro atoms. The predicted molar refractivity (Wildman–Crippen MR) is 72.5 cm³/mol. The Morgan fingerprint density at radius 2 is 2.11 bits per heavy atom. The second kappa shape index (κ2) is 6.04. The van der Waals surface area contributed by atoms with Gasteiger partial charge in [-0.25, -0.2) is 4.98 Å². The van der Waals surface area contributed by atoms with Crippen LogP contribution in [0, 0.1) is 5.92 Å². The molecule has 0 bridgehead atoms. The van der Waals surface area contributed by atoms with Gasteiger partial charge in [-0.2, -0.15) is 0 Å². The van der Waals surface area contributed by atoms with Crippen molar-refractivity contribution in [3.05, 3.63) is 17.2 Å². The number of hydrogen-bond donors (Lipinski definition) is 1. The number of nitrogens with zero attached hydrogens (tertiary/aromatic N) is 3. The fourth-order valence-corrected chi connectivity index (χ4v) is 2.84. The molecule has 18 heavy (non-hydrogen) atoms. The Hall–Kier alpha value is -0.580. The number of aromatic nitrogens is 2. The first-order chi connectivity index (χ1) is 8.61. The Balaban J connectivity index is 1.89. The van der Waals surface area contributed by atoms with Crippen LogP contribution in [0.5, 0.6) is 0 Å². The van der Waals surface area contributed by atoms with E-state index in [9.17, 15) is 0 Å². The van der Waals surface area contributed by atoms with Gasteiger partial charge in [-0.05, 0) is 38.6 Å². The third-order valence-electron chi connectivity index (χ3n) is 4.12. The molecule has 1 N–H and O–H groups in total. The quantitative estimate of drug-likeness (QED) is 0.911. The molecule has 0 amide bonds. The van der Waals surface area contributed by atoms with Crippen molar-refractivity contribution < 1.29 is 5.11 Å². The third-order valence-corrected chi connectivity index (χ3v) is 4.47. The van der Waals surface area contributed by atoms with Crippen LogP contribution in [0.1, 0.15) is 31.5 Å². The lowest BCUT2D eigenvalue weighted by Gasteiger charge is -2.33. The topological polar surface area (TPSA) is 41.3 Å². The lowest BCUT2D eigenvalue weighted by atomic mass is 9.86. The Bertz CT molecular complexity index is 386. The molecule has 4 nitrogen and oxygen atoms in total. The summed E-state index contributed by atoms with van der Waals surface area (Å²) in [5, 5.41) is 9.83. The first-order valence-electron chi connectivity index (χ1n) is 6.59. The summed E-state index contributed by atoms with van der Waals surface area (Å²) in [5.74, 6) is 1.52. The summed E-state index contributed by atoms with van der Waals surface area (Å²) in [4.78, 5) is 6.68. The maximum absolute atomic E-state index is 9.15. The molecule has 0 saturated heterocycles. The standard InChI is InChI=1S/C13H22ClN3O/c1-16(8-13-15-7-12(14)17(13)2)11-5-3-10(9-18)4-6-11/h7,10-11,18H,3-6,8-9H2,1-2H3. The van der Waals surface area contributed by atoms with E-state index < -0.39 is 0 Å². The molecule has 1 heterocycles. The molecule has 2 rings (SSSR count). The highest BCUT2D eigenvalue weighted by Gasteiger charge is 2.24. The van der Waals surface area contributed by atoms with Gasteiger partial charge in [0.1, 0.15) is 11.0 Å². The first-order valence-corrected chi connectivity index (χ1v) is 6.96. The number of halogens is 1. The predicted octanol–water partition coefficient (Wildman–Crippen LogP) is 2.06. The fourth-order valence-electron chi connectivity index (χ4n) is 2.69. The van der Waals surface area contributed by atoms with Gasteiger partial charge < -0.3 is 9.67 Å². The fraction of sp³-hybridized carbons (Fsp3) is 0.769. The lowest BCUT2D eigenvalue weighted by Crippen LogP contribution is -2.35. The smallest absolute Gasteiger partial charge is 0.128 e. The minimum atomic E-state index is 0.339.